The van der Waals surface area contributed by atoms with Gasteiger partial charge in [0.2, 0.25) is 0 Å². The lowest BCUT2D eigenvalue weighted by Gasteiger charge is -2.36. The number of piperazine rings is 1. The molecule has 0 atom stereocenters. The Morgan fingerprint density at radius 3 is 2.47 bits per heavy atom. The molecule has 2 N–H and O–H groups in total. The monoisotopic (exact) mass is 233 g/mol. The zero-order valence-electron chi connectivity index (χ0n) is 10.7. The van der Waals surface area contributed by atoms with E-state index < -0.39 is 0 Å². The van der Waals surface area contributed by atoms with Crippen LogP contribution in [0.25, 0.3) is 0 Å². The molecule has 1 aromatic rings. The minimum Gasteiger partial charge on any atom is -0.369 e. The van der Waals surface area contributed by atoms with E-state index in [1.807, 2.05) is 0 Å². The summed E-state index contributed by atoms with van der Waals surface area (Å²) in [5.74, 6) is 0. The first-order chi connectivity index (χ1) is 8.35. The van der Waals surface area contributed by atoms with Crippen molar-refractivity contribution in [3.8, 4) is 0 Å². The van der Waals surface area contributed by atoms with Crippen molar-refractivity contribution >= 4 is 5.69 Å². The van der Waals surface area contributed by atoms with Crippen LogP contribution in [0.2, 0.25) is 0 Å². The van der Waals surface area contributed by atoms with Gasteiger partial charge in [0.25, 0.3) is 0 Å². The molecule has 2 rings (SSSR count). The number of rotatable bonds is 4. The van der Waals surface area contributed by atoms with Crippen molar-refractivity contribution in [2.75, 3.05) is 37.6 Å². The van der Waals surface area contributed by atoms with Crippen LogP contribution in [0, 0.1) is 0 Å². The van der Waals surface area contributed by atoms with Gasteiger partial charge in [-0.25, -0.2) is 0 Å². The van der Waals surface area contributed by atoms with Gasteiger partial charge in [0.05, 0.1) is 0 Å². The van der Waals surface area contributed by atoms with E-state index >= 15 is 0 Å². The highest BCUT2D eigenvalue weighted by Crippen LogP contribution is 2.21. The number of benzene rings is 1. The summed E-state index contributed by atoms with van der Waals surface area (Å²) in [6.45, 7) is 8.70. The van der Waals surface area contributed by atoms with E-state index in [2.05, 4.69) is 41.0 Å². The predicted molar refractivity (Wildman–Crippen MR) is 73.3 cm³/mol. The highest BCUT2D eigenvalue weighted by molar-refractivity contribution is 5.53. The molecule has 1 saturated heterocycles. The smallest absolute Gasteiger partial charge is 0.0412 e. The van der Waals surface area contributed by atoms with Gasteiger partial charge >= 0.3 is 0 Å². The molecule has 0 unspecified atom stereocenters. The van der Waals surface area contributed by atoms with E-state index in [0.29, 0.717) is 6.54 Å². The average Bonchev–Trinajstić information content (AvgIpc) is 2.40. The molecule has 0 amide bonds. The minimum absolute atomic E-state index is 0.630. The van der Waals surface area contributed by atoms with E-state index in [-0.39, 0.29) is 0 Å². The Kier molecular flexibility index (Phi) is 4.40. The molecule has 0 radical (unpaired) electrons. The van der Waals surface area contributed by atoms with E-state index in [1.54, 1.807) is 0 Å². The third-order valence-corrected chi connectivity index (χ3v) is 3.46. The van der Waals surface area contributed by atoms with Crippen LogP contribution in [0.15, 0.2) is 24.3 Å². The summed E-state index contributed by atoms with van der Waals surface area (Å²) in [6, 6.07) is 8.50. The fourth-order valence-electron chi connectivity index (χ4n) is 2.52. The van der Waals surface area contributed by atoms with Gasteiger partial charge in [-0.3, -0.25) is 4.90 Å². The van der Waals surface area contributed by atoms with E-state index in [0.717, 1.165) is 13.1 Å². The van der Waals surface area contributed by atoms with Gasteiger partial charge in [-0.15, -0.1) is 0 Å². The SMILES string of the molecule is CCCN1CCN(c2ccccc2CN)CC1. The Morgan fingerprint density at radius 2 is 1.82 bits per heavy atom. The van der Waals surface area contributed by atoms with Crippen molar-refractivity contribution in [1.29, 1.82) is 0 Å². The van der Waals surface area contributed by atoms with E-state index in [9.17, 15) is 0 Å². The highest BCUT2D eigenvalue weighted by atomic mass is 15.3. The first kappa shape index (κ1) is 12.4. The molecule has 1 aliphatic heterocycles. The Labute approximate surface area is 104 Å². The van der Waals surface area contributed by atoms with Crippen LogP contribution in [0.5, 0.6) is 0 Å². The van der Waals surface area contributed by atoms with Crippen molar-refractivity contribution in [2.45, 2.75) is 19.9 Å². The molecule has 0 bridgehead atoms. The lowest BCUT2D eigenvalue weighted by Crippen LogP contribution is -2.46. The third-order valence-electron chi connectivity index (χ3n) is 3.46. The largest absolute Gasteiger partial charge is 0.369 e. The highest BCUT2D eigenvalue weighted by Gasteiger charge is 2.17. The van der Waals surface area contributed by atoms with E-state index in [4.69, 9.17) is 5.73 Å². The van der Waals surface area contributed by atoms with Gasteiger partial charge in [0, 0.05) is 38.4 Å². The van der Waals surface area contributed by atoms with Gasteiger partial charge in [0.15, 0.2) is 0 Å². The molecule has 1 heterocycles. The molecule has 3 heteroatoms. The van der Waals surface area contributed by atoms with Crippen LogP contribution in [-0.2, 0) is 6.54 Å². The normalized spacial score (nSPS) is 17.4. The lowest BCUT2D eigenvalue weighted by atomic mass is 10.1. The Bertz CT molecular complexity index is 343. The number of nitrogens with zero attached hydrogens (tertiary/aromatic N) is 2. The molecular weight excluding hydrogens is 210 g/mol. The van der Waals surface area contributed by atoms with Crippen molar-refractivity contribution < 1.29 is 0 Å². The summed E-state index contributed by atoms with van der Waals surface area (Å²) >= 11 is 0. The third kappa shape index (κ3) is 2.99. The minimum atomic E-state index is 0.630. The summed E-state index contributed by atoms with van der Waals surface area (Å²) in [7, 11) is 0. The second-order valence-electron chi connectivity index (χ2n) is 4.66. The quantitative estimate of drug-likeness (QED) is 0.859. The first-order valence-electron chi connectivity index (χ1n) is 6.60. The van der Waals surface area contributed by atoms with Crippen LogP contribution in [0.3, 0.4) is 0 Å². The zero-order chi connectivity index (χ0) is 12.1. The lowest BCUT2D eigenvalue weighted by molar-refractivity contribution is 0.258. The first-order valence-corrected chi connectivity index (χ1v) is 6.60. The molecule has 0 saturated carbocycles. The van der Waals surface area contributed by atoms with Crippen molar-refractivity contribution in [3.63, 3.8) is 0 Å². The summed E-state index contributed by atoms with van der Waals surface area (Å²) in [5, 5.41) is 0. The summed E-state index contributed by atoms with van der Waals surface area (Å²) in [6.07, 6.45) is 1.25. The molecule has 3 nitrogen and oxygen atoms in total. The topological polar surface area (TPSA) is 32.5 Å². The average molecular weight is 233 g/mol. The fourth-order valence-corrected chi connectivity index (χ4v) is 2.52. The van der Waals surface area contributed by atoms with Crippen molar-refractivity contribution in [3.05, 3.63) is 29.8 Å². The van der Waals surface area contributed by atoms with E-state index in [1.165, 1.54) is 37.3 Å². The molecular formula is C14H23N3. The summed E-state index contributed by atoms with van der Waals surface area (Å²) < 4.78 is 0. The zero-order valence-corrected chi connectivity index (χ0v) is 10.7. The molecule has 1 aliphatic rings. The number of anilines is 1. The molecule has 17 heavy (non-hydrogen) atoms. The number of hydrogen-bond donors (Lipinski definition) is 1. The summed E-state index contributed by atoms with van der Waals surface area (Å²) in [4.78, 5) is 5.01. The molecule has 1 aromatic carbocycles. The predicted octanol–water partition coefficient (Wildman–Crippen LogP) is 1.68. The Balaban J connectivity index is 2.00. The van der Waals surface area contributed by atoms with Gasteiger partial charge in [0.1, 0.15) is 0 Å². The van der Waals surface area contributed by atoms with Crippen LogP contribution in [0.4, 0.5) is 5.69 Å². The maximum absolute atomic E-state index is 5.80. The molecule has 94 valence electrons. The Morgan fingerprint density at radius 1 is 1.12 bits per heavy atom. The van der Waals surface area contributed by atoms with Crippen molar-refractivity contribution in [2.24, 2.45) is 5.73 Å². The van der Waals surface area contributed by atoms with Gasteiger partial charge in [-0.2, -0.15) is 0 Å². The number of hydrogen-bond acceptors (Lipinski definition) is 3. The maximum atomic E-state index is 5.80. The van der Waals surface area contributed by atoms with Gasteiger partial charge in [-0.05, 0) is 24.6 Å². The van der Waals surface area contributed by atoms with Crippen LogP contribution >= 0.6 is 0 Å². The Hall–Kier alpha value is -1.06. The number of para-hydroxylation sites is 1. The molecule has 0 spiro atoms. The number of nitrogens with two attached hydrogens (primary N) is 1. The fraction of sp³-hybridized carbons (Fsp3) is 0.571. The summed E-state index contributed by atoms with van der Waals surface area (Å²) in [5.41, 5.74) is 8.38. The molecule has 1 fully saturated rings. The van der Waals surface area contributed by atoms with Gasteiger partial charge < -0.3 is 10.6 Å². The van der Waals surface area contributed by atoms with Crippen LogP contribution in [-0.4, -0.2) is 37.6 Å². The van der Waals surface area contributed by atoms with Crippen molar-refractivity contribution in [1.82, 2.24) is 4.90 Å². The standard InChI is InChI=1S/C14H23N3/c1-2-7-16-8-10-17(11-9-16)14-6-4-3-5-13(14)12-15/h3-6H,2,7-12,15H2,1H3. The molecule has 0 aliphatic carbocycles. The second-order valence-corrected chi connectivity index (χ2v) is 4.66. The maximum Gasteiger partial charge on any atom is 0.0412 e. The van der Waals surface area contributed by atoms with Gasteiger partial charge in [-0.1, -0.05) is 25.1 Å². The molecule has 0 aromatic heterocycles. The second kappa shape index (κ2) is 6.03. The van der Waals surface area contributed by atoms with Crippen LogP contribution in [0.1, 0.15) is 18.9 Å². The van der Waals surface area contributed by atoms with Crippen LogP contribution < -0.4 is 10.6 Å².